The fourth-order valence-electron chi connectivity index (χ4n) is 4.40. The van der Waals surface area contributed by atoms with Crippen LogP contribution in [0.1, 0.15) is 50.2 Å². The number of aryl methyl sites for hydroxylation is 1. The van der Waals surface area contributed by atoms with Gasteiger partial charge in [0.05, 0.1) is 11.4 Å². The molecule has 1 unspecified atom stereocenters. The maximum absolute atomic E-state index is 13.6. The van der Waals surface area contributed by atoms with Crippen molar-refractivity contribution in [3.05, 3.63) is 63.6 Å². The fourth-order valence-corrected chi connectivity index (χ4v) is 6.03. The Bertz CT molecular complexity index is 1160. The van der Waals surface area contributed by atoms with E-state index in [-0.39, 0.29) is 23.4 Å². The Hall–Kier alpha value is -2.13. The number of amides is 2. The predicted molar refractivity (Wildman–Crippen MR) is 142 cm³/mol. The number of benzene rings is 2. The Morgan fingerprint density at radius 2 is 1.64 bits per heavy atom. The van der Waals surface area contributed by atoms with Crippen LogP contribution in [0.5, 0.6) is 0 Å². The maximum atomic E-state index is 13.6. The van der Waals surface area contributed by atoms with E-state index < -0.39 is 28.5 Å². The third kappa shape index (κ3) is 6.79. The topological polar surface area (TPSA) is 86.8 Å². The fraction of sp³-hybridized carbons (Fsp3) is 0.462. The van der Waals surface area contributed by atoms with Crippen LogP contribution in [-0.2, 0) is 26.2 Å². The largest absolute Gasteiger partial charge is 0.352 e. The van der Waals surface area contributed by atoms with Gasteiger partial charge in [-0.1, -0.05) is 66.7 Å². The number of carbonyl (C=O) groups is 2. The van der Waals surface area contributed by atoms with Crippen LogP contribution in [-0.4, -0.2) is 55.1 Å². The second-order valence-electron chi connectivity index (χ2n) is 9.21. The molecule has 0 bridgehead atoms. The van der Waals surface area contributed by atoms with Crippen LogP contribution in [0.25, 0.3) is 0 Å². The molecule has 1 saturated carbocycles. The molecule has 10 heteroatoms. The Morgan fingerprint density at radius 1 is 1.06 bits per heavy atom. The van der Waals surface area contributed by atoms with Crippen molar-refractivity contribution < 1.29 is 18.0 Å². The second kappa shape index (κ2) is 12.4. The Morgan fingerprint density at radius 3 is 2.19 bits per heavy atom. The number of hydrogen-bond donors (Lipinski definition) is 1. The summed E-state index contributed by atoms with van der Waals surface area (Å²) in [7, 11) is -2.56. The molecule has 0 heterocycles. The molecule has 7 nitrogen and oxygen atoms in total. The zero-order chi connectivity index (χ0) is 26.5. The maximum Gasteiger partial charge on any atom is 0.243 e. The Labute approximate surface area is 223 Å². The number of hydrogen-bond acceptors (Lipinski definition) is 4. The summed E-state index contributed by atoms with van der Waals surface area (Å²) in [6, 6.07) is 10.7. The molecule has 0 aromatic heterocycles. The van der Waals surface area contributed by atoms with Crippen LogP contribution in [0.3, 0.4) is 0 Å². The first-order chi connectivity index (χ1) is 17.0. The smallest absolute Gasteiger partial charge is 0.243 e. The van der Waals surface area contributed by atoms with Gasteiger partial charge in [-0.25, -0.2) is 8.42 Å². The molecule has 1 aliphatic carbocycles. The zero-order valence-electron chi connectivity index (χ0n) is 20.8. The van der Waals surface area contributed by atoms with E-state index in [4.69, 9.17) is 23.2 Å². The van der Waals surface area contributed by atoms with Gasteiger partial charge in [-0.3, -0.25) is 9.59 Å². The summed E-state index contributed by atoms with van der Waals surface area (Å²) in [6.07, 6.45) is 4.28. The highest BCUT2D eigenvalue weighted by atomic mass is 35.5. The number of carbonyl (C=O) groups excluding carboxylic acids is 2. The summed E-state index contributed by atoms with van der Waals surface area (Å²) in [5.41, 5.74) is 1.43. The number of nitrogens with one attached hydrogen (secondary N) is 1. The minimum absolute atomic E-state index is 0.0215. The minimum atomic E-state index is -3.91. The summed E-state index contributed by atoms with van der Waals surface area (Å²) in [6.45, 7) is 3.22. The lowest BCUT2D eigenvalue weighted by Gasteiger charge is -2.33. The Balaban J connectivity index is 1.88. The van der Waals surface area contributed by atoms with Gasteiger partial charge in [0.15, 0.2) is 0 Å². The quantitative estimate of drug-likeness (QED) is 0.458. The van der Waals surface area contributed by atoms with Crippen molar-refractivity contribution >= 4 is 45.0 Å². The lowest BCUT2D eigenvalue weighted by molar-refractivity contribution is -0.141. The first kappa shape index (κ1) is 28.4. The van der Waals surface area contributed by atoms with E-state index in [1.807, 2.05) is 13.8 Å². The van der Waals surface area contributed by atoms with Crippen LogP contribution in [0.2, 0.25) is 10.0 Å². The van der Waals surface area contributed by atoms with Crippen LogP contribution >= 0.6 is 23.2 Å². The number of rotatable bonds is 10. The molecule has 1 fully saturated rings. The van der Waals surface area contributed by atoms with Gasteiger partial charge in [-0.2, -0.15) is 4.31 Å². The summed E-state index contributed by atoms with van der Waals surface area (Å²) >= 11 is 12.8. The van der Waals surface area contributed by atoms with Crippen molar-refractivity contribution in [1.82, 2.24) is 14.5 Å². The summed E-state index contributed by atoms with van der Waals surface area (Å²) in [5, 5.41) is 3.80. The van der Waals surface area contributed by atoms with E-state index in [9.17, 15) is 18.0 Å². The van der Waals surface area contributed by atoms with Crippen LogP contribution in [0.15, 0.2) is 47.4 Å². The van der Waals surface area contributed by atoms with E-state index in [0.29, 0.717) is 22.0 Å². The van der Waals surface area contributed by atoms with Gasteiger partial charge < -0.3 is 10.2 Å². The van der Waals surface area contributed by atoms with Gasteiger partial charge >= 0.3 is 0 Å². The van der Waals surface area contributed by atoms with Crippen molar-refractivity contribution in [3.63, 3.8) is 0 Å². The molecule has 36 heavy (non-hydrogen) atoms. The SMILES string of the molecule is CCC(C(=O)NC1CCCC1)N(Cc1c(Cl)cccc1Cl)C(=O)CN(C)S(=O)(=O)c1ccc(C)cc1. The normalized spacial score (nSPS) is 15.2. The standard InChI is InChI=1S/C26H33Cl2N3O4S/c1-4-24(26(33)29-19-8-5-6-9-19)31(16-21-22(27)10-7-11-23(21)28)25(32)17-30(3)36(34,35)20-14-12-18(2)13-15-20/h7,10-15,19,24H,4-6,8-9,16-17H2,1-3H3,(H,29,33). The third-order valence-corrected chi connectivity index (χ3v) is 9.09. The molecule has 1 atom stereocenters. The van der Waals surface area contributed by atoms with E-state index >= 15 is 0 Å². The van der Waals surface area contributed by atoms with Gasteiger partial charge in [0.25, 0.3) is 0 Å². The van der Waals surface area contributed by atoms with E-state index in [1.54, 1.807) is 30.3 Å². The molecule has 1 N–H and O–H groups in total. The molecule has 0 spiro atoms. The third-order valence-electron chi connectivity index (χ3n) is 6.56. The van der Waals surface area contributed by atoms with Gasteiger partial charge in [0, 0.05) is 35.2 Å². The lowest BCUT2D eigenvalue weighted by atomic mass is 10.1. The first-order valence-corrected chi connectivity index (χ1v) is 14.3. The lowest BCUT2D eigenvalue weighted by Crippen LogP contribution is -2.53. The second-order valence-corrected chi connectivity index (χ2v) is 12.1. The number of sulfonamides is 1. The highest BCUT2D eigenvalue weighted by Crippen LogP contribution is 2.28. The summed E-state index contributed by atoms with van der Waals surface area (Å²) < 4.78 is 27.2. The summed E-state index contributed by atoms with van der Waals surface area (Å²) in [5.74, 6) is -0.775. The van der Waals surface area contributed by atoms with Gasteiger partial charge in [0.1, 0.15) is 6.04 Å². The van der Waals surface area contributed by atoms with Gasteiger partial charge in [-0.15, -0.1) is 0 Å². The van der Waals surface area contributed by atoms with E-state index in [0.717, 1.165) is 35.6 Å². The predicted octanol–water partition coefficient (Wildman–Crippen LogP) is 4.79. The van der Waals surface area contributed by atoms with Crippen molar-refractivity contribution in [1.29, 1.82) is 0 Å². The zero-order valence-corrected chi connectivity index (χ0v) is 23.2. The molecule has 3 rings (SSSR count). The van der Waals surface area contributed by atoms with Crippen molar-refractivity contribution in [2.75, 3.05) is 13.6 Å². The average Bonchev–Trinajstić information content (AvgIpc) is 3.34. The molecule has 2 aromatic carbocycles. The highest BCUT2D eigenvalue weighted by Gasteiger charge is 2.33. The molecule has 2 aromatic rings. The van der Waals surface area contributed by atoms with Crippen LogP contribution in [0.4, 0.5) is 0 Å². The molecular weight excluding hydrogens is 521 g/mol. The van der Waals surface area contributed by atoms with Crippen molar-refractivity contribution in [3.8, 4) is 0 Å². The molecule has 2 amide bonds. The average molecular weight is 555 g/mol. The number of likely N-dealkylation sites (N-methyl/N-ethyl adjacent to an activating group) is 1. The minimum Gasteiger partial charge on any atom is -0.352 e. The first-order valence-electron chi connectivity index (χ1n) is 12.1. The van der Waals surface area contributed by atoms with Crippen LogP contribution in [0, 0.1) is 6.92 Å². The molecule has 196 valence electrons. The van der Waals surface area contributed by atoms with Crippen molar-refractivity contribution in [2.45, 2.75) is 69.5 Å². The van der Waals surface area contributed by atoms with Crippen molar-refractivity contribution in [2.24, 2.45) is 0 Å². The van der Waals surface area contributed by atoms with E-state index in [1.165, 1.54) is 24.1 Å². The molecule has 1 aliphatic rings. The van der Waals surface area contributed by atoms with Gasteiger partial charge in [-0.05, 0) is 50.5 Å². The highest BCUT2D eigenvalue weighted by molar-refractivity contribution is 7.89. The van der Waals surface area contributed by atoms with E-state index in [2.05, 4.69) is 5.32 Å². The molecule has 0 aliphatic heterocycles. The Kier molecular flexibility index (Phi) is 9.80. The van der Waals surface area contributed by atoms with Crippen LogP contribution < -0.4 is 5.32 Å². The molecule has 0 radical (unpaired) electrons. The number of nitrogens with zero attached hydrogens (tertiary/aromatic N) is 2. The monoisotopic (exact) mass is 553 g/mol. The molecular formula is C26H33Cl2N3O4S. The number of halogens is 2. The molecule has 0 saturated heterocycles. The van der Waals surface area contributed by atoms with Gasteiger partial charge in [0.2, 0.25) is 21.8 Å². The summed E-state index contributed by atoms with van der Waals surface area (Å²) in [4.78, 5) is 28.4.